The average molecular weight is 293 g/mol. The molecule has 1 N–H and O–H groups in total. The van der Waals surface area contributed by atoms with Crippen molar-refractivity contribution < 1.29 is 0 Å². The summed E-state index contributed by atoms with van der Waals surface area (Å²) < 4.78 is 0. The monoisotopic (exact) mass is 293 g/mol. The highest BCUT2D eigenvalue weighted by molar-refractivity contribution is 4.89. The first-order valence-corrected chi connectivity index (χ1v) is 9.40. The number of hydrogen-bond donors (Lipinski definition) is 1. The van der Waals surface area contributed by atoms with Gasteiger partial charge in [-0.2, -0.15) is 0 Å². The molecule has 0 radical (unpaired) electrons. The molecule has 2 heterocycles. The third-order valence-corrected chi connectivity index (χ3v) is 6.38. The van der Waals surface area contributed by atoms with E-state index in [2.05, 4.69) is 29.1 Å². The molecular formula is C18H35N3. The predicted octanol–water partition coefficient (Wildman–Crippen LogP) is 2.57. The normalized spacial score (nSPS) is 39.1. The minimum absolute atomic E-state index is 0.789. The van der Waals surface area contributed by atoms with Crippen molar-refractivity contribution in [1.82, 2.24) is 15.1 Å². The van der Waals surface area contributed by atoms with Gasteiger partial charge in [-0.25, -0.2) is 0 Å². The fraction of sp³-hybridized carbons (Fsp3) is 1.00. The Morgan fingerprint density at radius 1 is 1.00 bits per heavy atom. The first-order valence-electron chi connectivity index (χ1n) is 9.40. The molecule has 3 rings (SSSR count). The molecule has 0 aromatic rings. The van der Waals surface area contributed by atoms with Crippen LogP contribution in [-0.2, 0) is 0 Å². The lowest BCUT2D eigenvalue weighted by Crippen LogP contribution is -2.53. The fourth-order valence-corrected chi connectivity index (χ4v) is 4.96. The van der Waals surface area contributed by atoms with Gasteiger partial charge >= 0.3 is 0 Å². The molecule has 0 spiro atoms. The molecular weight excluding hydrogens is 258 g/mol. The largest absolute Gasteiger partial charge is 0.312 e. The number of hydrogen-bond acceptors (Lipinski definition) is 3. The number of nitrogens with one attached hydrogen (secondary N) is 1. The van der Waals surface area contributed by atoms with Crippen LogP contribution in [0.5, 0.6) is 0 Å². The van der Waals surface area contributed by atoms with Crippen molar-refractivity contribution in [3.8, 4) is 0 Å². The maximum absolute atomic E-state index is 3.85. The quantitative estimate of drug-likeness (QED) is 0.859. The first kappa shape index (κ1) is 15.8. The lowest BCUT2D eigenvalue weighted by Gasteiger charge is -2.46. The summed E-state index contributed by atoms with van der Waals surface area (Å²) in [5, 5.41) is 3.85. The third-order valence-electron chi connectivity index (χ3n) is 6.38. The van der Waals surface area contributed by atoms with Crippen molar-refractivity contribution in [1.29, 1.82) is 0 Å². The molecule has 2 aliphatic heterocycles. The molecule has 0 bridgehead atoms. The average Bonchev–Trinajstić information content (AvgIpc) is 2.49. The van der Waals surface area contributed by atoms with E-state index in [1.807, 2.05) is 0 Å². The van der Waals surface area contributed by atoms with Crippen LogP contribution in [0, 0.1) is 11.8 Å². The molecule has 3 heteroatoms. The summed E-state index contributed by atoms with van der Waals surface area (Å²) in [6.45, 7) is 8.87. The standard InChI is InChI=1S/C18H35N3/c1-15-6-3-4-8-17(15)19-10-13-21-12-9-18-16(14-21)7-5-11-20(18)2/h15-19H,3-14H2,1-2H3. The molecule has 3 nitrogen and oxygen atoms in total. The van der Waals surface area contributed by atoms with Crippen LogP contribution in [0.1, 0.15) is 51.9 Å². The summed E-state index contributed by atoms with van der Waals surface area (Å²) >= 11 is 0. The summed E-state index contributed by atoms with van der Waals surface area (Å²) in [6, 6.07) is 1.67. The first-order chi connectivity index (χ1) is 10.2. The van der Waals surface area contributed by atoms with Gasteiger partial charge in [-0.15, -0.1) is 0 Å². The predicted molar refractivity (Wildman–Crippen MR) is 89.6 cm³/mol. The second-order valence-electron chi connectivity index (χ2n) is 7.86. The molecule has 21 heavy (non-hydrogen) atoms. The Bertz CT molecular complexity index is 320. The number of likely N-dealkylation sites (tertiary alicyclic amines) is 2. The Morgan fingerprint density at radius 3 is 2.71 bits per heavy atom. The second kappa shape index (κ2) is 7.43. The molecule has 4 atom stereocenters. The molecule has 4 unspecified atom stereocenters. The Kier molecular flexibility index (Phi) is 5.58. The maximum Gasteiger partial charge on any atom is 0.0145 e. The Labute approximate surface area is 131 Å². The minimum atomic E-state index is 0.789. The van der Waals surface area contributed by atoms with E-state index in [0.717, 1.165) is 23.9 Å². The Balaban J connectivity index is 1.38. The summed E-state index contributed by atoms with van der Waals surface area (Å²) in [5.41, 5.74) is 0. The van der Waals surface area contributed by atoms with Crippen molar-refractivity contribution in [2.45, 2.75) is 64.0 Å². The minimum Gasteiger partial charge on any atom is -0.312 e. The third kappa shape index (κ3) is 4.00. The topological polar surface area (TPSA) is 18.5 Å². The maximum atomic E-state index is 3.85. The van der Waals surface area contributed by atoms with E-state index in [1.54, 1.807) is 0 Å². The van der Waals surface area contributed by atoms with Crippen LogP contribution in [0.15, 0.2) is 0 Å². The van der Waals surface area contributed by atoms with Crippen molar-refractivity contribution in [3.63, 3.8) is 0 Å². The summed E-state index contributed by atoms with van der Waals surface area (Å²) in [5.74, 6) is 1.82. The van der Waals surface area contributed by atoms with Gasteiger partial charge in [-0.3, -0.25) is 0 Å². The van der Waals surface area contributed by atoms with Gasteiger partial charge < -0.3 is 15.1 Å². The summed E-state index contributed by atoms with van der Waals surface area (Å²) in [7, 11) is 2.33. The Hall–Kier alpha value is -0.120. The van der Waals surface area contributed by atoms with E-state index in [1.165, 1.54) is 77.7 Å². The zero-order valence-electron chi connectivity index (χ0n) is 14.2. The Morgan fingerprint density at radius 2 is 1.86 bits per heavy atom. The lowest BCUT2D eigenvalue weighted by atomic mass is 9.84. The van der Waals surface area contributed by atoms with Crippen LogP contribution >= 0.6 is 0 Å². The number of nitrogens with zero attached hydrogens (tertiary/aromatic N) is 2. The van der Waals surface area contributed by atoms with Crippen LogP contribution in [0.4, 0.5) is 0 Å². The zero-order chi connectivity index (χ0) is 14.7. The molecule has 1 saturated carbocycles. The van der Waals surface area contributed by atoms with Gasteiger partial charge in [-0.05, 0) is 64.1 Å². The molecule has 3 aliphatic rings. The lowest BCUT2D eigenvalue weighted by molar-refractivity contribution is 0.0385. The molecule has 2 saturated heterocycles. The van der Waals surface area contributed by atoms with Crippen molar-refractivity contribution in [2.75, 3.05) is 39.8 Å². The van der Waals surface area contributed by atoms with Crippen LogP contribution in [-0.4, -0.2) is 61.7 Å². The van der Waals surface area contributed by atoms with Gasteiger partial charge in [0.15, 0.2) is 0 Å². The van der Waals surface area contributed by atoms with E-state index in [9.17, 15) is 0 Å². The number of fused-ring (bicyclic) bond motifs is 1. The van der Waals surface area contributed by atoms with Crippen LogP contribution < -0.4 is 5.32 Å². The summed E-state index contributed by atoms with van der Waals surface area (Å²) in [6.07, 6.45) is 9.96. The van der Waals surface area contributed by atoms with Crippen molar-refractivity contribution in [2.24, 2.45) is 11.8 Å². The van der Waals surface area contributed by atoms with Gasteiger partial charge in [0.25, 0.3) is 0 Å². The molecule has 0 aromatic heterocycles. The molecule has 122 valence electrons. The highest BCUT2D eigenvalue weighted by Crippen LogP contribution is 2.29. The van der Waals surface area contributed by atoms with Gasteiger partial charge in [0, 0.05) is 31.7 Å². The van der Waals surface area contributed by atoms with Crippen molar-refractivity contribution >= 4 is 0 Å². The smallest absolute Gasteiger partial charge is 0.0145 e. The van der Waals surface area contributed by atoms with E-state index in [0.29, 0.717) is 0 Å². The van der Waals surface area contributed by atoms with Crippen molar-refractivity contribution in [3.05, 3.63) is 0 Å². The van der Waals surface area contributed by atoms with Crippen LogP contribution in [0.3, 0.4) is 0 Å². The summed E-state index contributed by atoms with van der Waals surface area (Å²) in [4.78, 5) is 5.34. The number of piperidine rings is 2. The molecule has 0 amide bonds. The highest BCUT2D eigenvalue weighted by atomic mass is 15.2. The van der Waals surface area contributed by atoms with Gasteiger partial charge in [0.2, 0.25) is 0 Å². The second-order valence-corrected chi connectivity index (χ2v) is 7.86. The molecule has 3 fully saturated rings. The van der Waals surface area contributed by atoms with Crippen LogP contribution in [0.25, 0.3) is 0 Å². The van der Waals surface area contributed by atoms with E-state index < -0.39 is 0 Å². The van der Waals surface area contributed by atoms with Gasteiger partial charge in [0.1, 0.15) is 0 Å². The van der Waals surface area contributed by atoms with Crippen LogP contribution in [0.2, 0.25) is 0 Å². The number of rotatable bonds is 4. The fourth-order valence-electron chi connectivity index (χ4n) is 4.96. The van der Waals surface area contributed by atoms with Gasteiger partial charge in [0.05, 0.1) is 0 Å². The molecule has 1 aliphatic carbocycles. The molecule has 0 aromatic carbocycles. The van der Waals surface area contributed by atoms with E-state index >= 15 is 0 Å². The van der Waals surface area contributed by atoms with Gasteiger partial charge in [-0.1, -0.05) is 19.8 Å². The SMILES string of the molecule is CC1CCCCC1NCCN1CCC2C(CCCN2C)C1. The van der Waals surface area contributed by atoms with E-state index in [4.69, 9.17) is 0 Å². The van der Waals surface area contributed by atoms with E-state index in [-0.39, 0.29) is 0 Å². The highest BCUT2D eigenvalue weighted by Gasteiger charge is 2.33. The zero-order valence-corrected chi connectivity index (χ0v) is 14.2.